The van der Waals surface area contributed by atoms with Gasteiger partial charge in [-0.15, -0.1) is 0 Å². The van der Waals surface area contributed by atoms with E-state index in [1.165, 1.54) is 30.6 Å². The second kappa shape index (κ2) is 5.75. The first-order chi connectivity index (χ1) is 10.4. The largest absolute Gasteiger partial charge is 0.328 e. The third-order valence-electron chi connectivity index (χ3n) is 4.08. The Morgan fingerprint density at radius 1 is 1.27 bits per heavy atom. The quantitative estimate of drug-likeness (QED) is 0.906. The van der Waals surface area contributed by atoms with Gasteiger partial charge in [0.1, 0.15) is 5.82 Å². The van der Waals surface area contributed by atoms with Crippen LogP contribution in [0.15, 0.2) is 18.2 Å². The lowest BCUT2D eigenvalue weighted by Crippen LogP contribution is -2.19. The molecule has 0 bridgehead atoms. The van der Waals surface area contributed by atoms with Crippen molar-refractivity contribution in [1.29, 1.82) is 0 Å². The summed E-state index contributed by atoms with van der Waals surface area (Å²) >= 11 is 0. The van der Waals surface area contributed by atoms with E-state index < -0.39 is 0 Å². The highest BCUT2D eigenvalue weighted by Gasteiger charge is 2.17. The number of rotatable bonds is 2. The average Bonchev–Trinajstić information content (AvgIpc) is 2.58. The monoisotopic (exact) mass is 299 g/mol. The molecule has 1 aromatic carbocycles. The second-order valence-corrected chi connectivity index (χ2v) is 7.48. The minimum absolute atomic E-state index is 0.0000650. The number of carbonyl (C=O) groups is 1. The number of amides is 1. The summed E-state index contributed by atoms with van der Waals surface area (Å²) in [5.74, 6) is 1.25. The summed E-state index contributed by atoms with van der Waals surface area (Å²) in [5.41, 5.74) is 3.02. The van der Waals surface area contributed by atoms with E-state index in [4.69, 9.17) is 4.98 Å². The van der Waals surface area contributed by atoms with Gasteiger partial charge in [-0.25, -0.2) is 4.98 Å². The summed E-state index contributed by atoms with van der Waals surface area (Å²) in [7, 11) is 0. The Hall–Kier alpha value is -1.84. The fraction of sp³-hybridized carbons (Fsp3) is 0.556. The Bertz CT molecular complexity index is 694. The van der Waals surface area contributed by atoms with Crippen LogP contribution in [-0.4, -0.2) is 15.5 Å². The highest BCUT2D eigenvalue weighted by atomic mass is 16.1. The van der Waals surface area contributed by atoms with Crippen LogP contribution in [0.4, 0.5) is 5.69 Å². The van der Waals surface area contributed by atoms with E-state index >= 15 is 0 Å². The van der Waals surface area contributed by atoms with Gasteiger partial charge in [-0.2, -0.15) is 0 Å². The summed E-state index contributed by atoms with van der Waals surface area (Å²) in [6.45, 7) is 7.27. The zero-order valence-electron chi connectivity index (χ0n) is 13.8. The van der Waals surface area contributed by atoms with E-state index in [0.717, 1.165) is 24.2 Å². The SMILES string of the molecule is CC(C)(C)CC(=O)Nc1ccc2c(c1)nc1n2CCCCC1. The molecular weight excluding hydrogens is 274 g/mol. The first-order valence-corrected chi connectivity index (χ1v) is 8.21. The molecule has 0 unspecified atom stereocenters. The third-order valence-corrected chi connectivity index (χ3v) is 4.08. The van der Waals surface area contributed by atoms with Crippen LogP contribution in [0, 0.1) is 5.41 Å². The maximum atomic E-state index is 12.1. The van der Waals surface area contributed by atoms with Crippen molar-refractivity contribution in [1.82, 2.24) is 9.55 Å². The van der Waals surface area contributed by atoms with E-state index in [1.807, 2.05) is 12.1 Å². The van der Waals surface area contributed by atoms with Crippen LogP contribution in [0.3, 0.4) is 0 Å². The zero-order chi connectivity index (χ0) is 15.7. The number of hydrogen-bond donors (Lipinski definition) is 1. The minimum atomic E-state index is -0.0000650. The lowest BCUT2D eigenvalue weighted by atomic mass is 9.92. The molecule has 118 valence electrons. The van der Waals surface area contributed by atoms with E-state index in [-0.39, 0.29) is 11.3 Å². The molecule has 4 heteroatoms. The number of nitrogens with zero attached hydrogens (tertiary/aromatic N) is 2. The predicted octanol–water partition coefficient (Wildman–Crippen LogP) is 4.14. The highest BCUT2D eigenvalue weighted by molar-refractivity contribution is 5.93. The summed E-state index contributed by atoms with van der Waals surface area (Å²) < 4.78 is 2.34. The van der Waals surface area contributed by atoms with Crippen LogP contribution in [0.1, 0.15) is 52.3 Å². The minimum Gasteiger partial charge on any atom is -0.328 e. The molecule has 1 N–H and O–H groups in total. The van der Waals surface area contributed by atoms with Crippen LogP contribution in [0.25, 0.3) is 11.0 Å². The van der Waals surface area contributed by atoms with Gasteiger partial charge in [0.2, 0.25) is 5.91 Å². The number of nitrogens with one attached hydrogen (secondary N) is 1. The third kappa shape index (κ3) is 3.32. The lowest BCUT2D eigenvalue weighted by molar-refractivity contribution is -0.117. The Labute approximate surface area is 131 Å². The number of fused-ring (bicyclic) bond motifs is 3. The molecule has 1 aromatic heterocycles. The van der Waals surface area contributed by atoms with Crippen LogP contribution in [0.5, 0.6) is 0 Å². The summed E-state index contributed by atoms with van der Waals surface area (Å²) in [6, 6.07) is 6.07. The maximum Gasteiger partial charge on any atom is 0.224 e. The molecule has 0 aliphatic carbocycles. The molecule has 2 aromatic rings. The van der Waals surface area contributed by atoms with Crippen molar-refractivity contribution in [2.24, 2.45) is 5.41 Å². The Kier molecular flexibility index (Phi) is 3.94. The topological polar surface area (TPSA) is 46.9 Å². The predicted molar refractivity (Wildman–Crippen MR) is 90.0 cm³/mol. The van der Waals surface area contributed by atoms with Gasteiger partial charge in [0.15, 0.2) is 0 Å². The van der Waals surface area contributed by atoms with Gasteiger partial charge < -0.3 is 9.88 Å². The molecular formula is C18H25N3O. The number of imidazole rings is 1. The molecule has 0 saturated carbocycles. The van der Waals surface area contributed by atoms with Crippen molar-refractivity contribution in [2.45, 2.75) is 59.4 Å². The lowest BCUT2D eigenvalue weighted by Gasteiger charge is -2.17. The molecule has 1 aliphatic rings. The number of benzene rings is 1. The molecule has 3 rings (SSSR count). The smallest absolute Gasteiger partial charge is 0.224 e. The van der Waals surface area contributed by atoms with Gasteiger partial charge >= 0.3 is 0 Å². The summed E-state index contributed by atoms with van der Waals surface area (Å²) in [4.78, 5) is 16.8. The summed E-state index contributed by atoms with van der Waals surface area (Å²) in [6.07, 6.45) is 5.30. The molecule has 2 heterocycles. The second-order valence-electron chi connectivity index (χ2n) is 7.48. The van der Waals surface area contributed by atoms with Crippen molar-refractivity contribution in [2.75, 3.05) is 5.32 Å². The normalized spacial score (nSPS) is 15.4. The molecule has 22 heavy (non-hydrogen) atoms. The molecule has 0 radical (unpaired) electrons. The molecule has 0 atom stereocenters. The van der Waals surface area contributed by atoms with Crippen molar-refractivity contribution < 1.29 is 4.79 Å². The molecule has 0 saturated heterocycles. The molecule has 4 nitrogen and oxygen atoms in total. The number of hydrogen-bond acceptors (Lipinski definition) is 2. The number of aromatic nitrogens is 2. The molecule has 0 spiro atoms. The van der Waals surface area contributed by atoms with Crippen molar-refractivity contribution in [3.8, 4) is 0 Å². The van der Waals surface area contributed by atoms with E-state index in [9.17, 15) is 4.79 Å². The molecule has 1 amide bonds. The zero-order valence-corrected chi connectivity index (χ0v) is 13.8. The Morgan fingerprint density at radius 2 is 2.09 bits per heavy atom. The Balaban J connectivity index is 1.83. The Morgan fingerprint density at radius 3 is 2.86 bits per heavy atom. The van der Waals surface area contributed by atoms with Gasteiger partial charge in [-0.05, 0) is 36.5 Å². The van der Waals surface area contributed by atoms with Gasteiger partial charge in [0, 0.05) is 25.1 Å². The van der Waals surface area contributed by atoms with Crippen molar-refractivity contribution in [3.05, 3.63) is 24.0 Å². The van der Waals surface area contributed by atoms with Crippen LogP contribution in [-0.2, 0) is 17.8 Å². The van der Waals surface area contributed by atoms with Gasteiger partial charge in [-0.1, -0.05) is 27.2 Å². The number of anilines is 1. The molecule has 0 fully saturated rings. The first kappa shape index (κ1) is 15.1. The molecule has 1 aliphatic heterocycles. The number of carbonyl (C=O) groups excluding carboxylic acids is 1. The van der Waals surface area contributed by atoms with Crippen LogP contribution >= 0.6 is 0 Å². The van der Waals surface area contributed by atoms with Crippen molar-refractivity contribution in [3.63, 3.8) is 0 Å². The standard InChI is InChI=1S/C18H25N3O/c1-18(2,3)12-17(22)19-13-8-9-15-14(11-13)20-16-7-5-4-6-10-21(15)16/h8-9,11H,4-7,10,12H2,1-3H3,(H,19,22). The summed E-state index contributed by atoms with van der Waals surface area (Å²) in [5, 5.41) is 3.00. The van der Waals surface area contributed by atoms with Gasteiger partial charge in [-0.3, -0.25) is 4.79 Å². The van der Waals surface area contributed by atoms with Crippen LogP contribution in [0.2, 0.25) is 0 Å². The first-order valence-electron chi connectivity index (χ1n) is 8.21. The maximum absolute atomic E-state index is 12.1. The highest BCUT2D eigenvalue weighted by Crippen LogP contribution is 2.25. The fourth-order valence-corrected chi connectivity index (χ4v) is 3.11. The van der Waals surface area contributed by atoms with E-state index in [0.29, 0.717) is 6.42 Å². The van der Waals surface area contributed by atoms with E-state index in [2.05, 4.69) is 36.7 Å². The van der Waals surface area contributed by atoms with Gasteiger partial charge in [0.25, 0.3) is 0 Å². The van der Waals surface area contributed by atoms with Crippen molar-refractivity contribution >= 4 is 22.6 Å². The van der Waals surface area contributed by atoms with E-state index in [1.54, 1.807) is 0 Å². The van der Waals surface area contributed by atoms with Gasteiger partial charge in [0.05, 0.1) is 11.0 Å². The number of aryl methyl sites for hydroxylation is 2. The average molecular weight is 299 g/mol. The van der Waals surface area contributed by atoms with Crippen LogP contribution < -0.4 is 5.32 Å². The fourth-order valence-electron chi connectivity index (χ4n) is 3.11.